The molecule has 0 atom stereocenters. The molecule has 0 aliphatic carbocycles. The standard InChI is InChI=1S/C14H12N2O4/c15-7-5-13(17)19-9-11-1-2-12(4-3-11)10-20-14(18)6-8-16/h1-4H,5-6,9-10H2. The van der Waals surface area contributed by atoms with Crippen molar-refractivity contribution in [2.45, 2.75) is 26.1 Å². The van der Waals surface area contributed by atoms with Crippen LogP contribution in [-0.4, -0.2) is 11.9 Å². The average Bonchev–Trinajstić information content (AvgIpc) is 2.45. The van der Waals surface area contributed by atoms with Crippen molar-refractivity contribution in [3.05, 3.63) is 35.4 Å². The number of hydrogen-bond donors (Lipinski definition) is 0. The zero-order valence-electron chi connectivity index (χ0n) is 10.7. The van der Waals surface area contributed by atoms with Crippen LogP contribution in [0.4, 0.5) is 0 Å². The predicted octanol–water partition coefficient (Wildman–Crippen LogP) is 1.60. The Hall–Kier alpha value is -2.86. The Morgan fingerprint density at radius 2 is 1.20 bits per heavy atom. The number of carbonyl (C=O) groups is 2. The Balaban J connectivity index is 2.41. The average molecular weight is 272 g/mol. The summed E-state index contributed by atoms with van der Waals surface area (Å²) >= 11 is 0. The molecule has 0 aliphatic heterocycles. The molecule has 0 unspecified atom stereocenters. The summed E-state index contributed by atoms with van der Waals surface area (Å²) in [5, 5.41) is 16.6. The summed E-state index contributed by atoms with van der Waals surface area (Å²) < 4.78 is 9.71. The molecule has 0 radical (unpaired) electrons. The van der Waals surface area contributed by atoms with Crippen molar-refractivity contribution in [1.82, 2.24) is 0 Å². The molecule has 0 aliphatic rings. The molecule has 0 aromatic heterocycles. The number of benzene rings is 1. The summed E-state index contributed by atoms with van der Waals surface area (Å²) in [5.41, 5.74) is 1.53. The second-order valence-electron chi connectivity index (χ2n) is 3.81. The van der Waals surface area contributed by atoms with E-state index < -0.39 is 11.9 Å². The number of carbonyl (C=O) groups excluding carboxylic acids is 2. The van der Waals surface area contributed by atoms with Crippen LogP contribution in [0.3, 0.4) is 0 Å². The van der Waals surface area contributed by atoms with E-state index in [4.69, 9.17) is 20.0 Å². The van der Waals surface area contributed by atoms with Crippen molar-refractivity contribution in [1.29, 1.82) is 10.5 Å². The van der Waals surface area contributed by atoms with Gasteiger partial charge in [0.25, 0.3) is 0 Å². The van der Waals surface area contributed by atoms with Gasteiger partial charge in [-0.2, -0.15) is 10.5 Å². The minimum Gasteiger partial charge on any atom is -0.460 e. The molecule has 0 spiro atoms. The van der Waals surface area contributed by atoms with E-state index in [1.807, 2.05) is 0 Å². The van der Waals surface area contributed by atoms with Crippen molar-refractivity contribution in [2.75, 3.05) is 0 Å². The van der Waals surface area contributed by atoms with E-state index in [-0.39, 0.29) is 26.1 Å². The predicted molar refractivity (Wildman–Crippen MR) is 66.5 cm³/mol. The lowest BCUT2D eigenvalue weighted by atomic mass is 10.1. The maximum atomic E-state index is 11.0. The highest BCUT2D eigenvalue weighted by atomic mass is 16.5. The molecule has 1 aromatic rings. The van der Waals surface area contributed by atoms with Gasteiger partial charge in [-0.05, 0) is 11.1 Å². The fourth-order valence-electron chi connectivity index (χ4n) is 1.29. The van der Waals surface area contributed by atoms with E-state index in [0.29, 0.717) is 0 Å². The summed E-state index contributed by atoms with van der Waals surface area (Å²) in [6, 6.07) is 10.3. The number of nitrogens with zero attached hydrogens (tertiary/aromatic N) is 2. The van der Waals surface area contributed by atoms with Crippen LogP contribution in [0.15, 0.2) is 24.3 Å². The lowest BCUT2D eigenvalue weighted by molar-refractivity contribution is -0.144. The Kier molecular flexibility index (Phi) is 6.29. The number of nitriles is 2. The monoisotopic (exact) mass is 272 g/mol. The molecule has 6 nitrogen and oxygen atoms in total. The summed E-state index contributed by atoms with van der Waals surface area (Å²) in [4.78, 5) is 22.0. The van der Waals surface area contributed by atoms with Gasteiger partial charge in [0.15, 0.2) is 0 Å². The Morgan fingerprint density at radius 3 is 1.50 bits per heavy atom. The molecule has 1 aromatic carbocycles. The number of rotatable bonds is 6. The number of ether oxygens (including phenoxy) is 2. The third kappa shape index (κ3) is 5.65. The topological polar surface area (TPSA) is 100 Å². The second-order valence-corrected chi connectivity index (χ2v) is 3.81. The van der Waals surface area contributed by atoms with Crippen molar-refractivity contribution in [3.63, 3.8) is 0 Å². The van der Waals surface area contributed by atoms with Crippen molar-refractivity contribution in [3.8, 4) is 12.1 Å². The molecule has 0 saturated carbocycles. The number of esters is 2. The van der Waals surface area contributed by atoms with Gasteiger partial charge in [0.2, 0.25) is 0 Å². The van der Waals surface area contributed by atoms with Crippen LogP contribution in [0.25, 0.3) is 0 Å². The summed E-state index contributed by atoms with van der Waals surface area (Å²) in [6.45, 7) is 0.185. The van der Waals surface area contributed by atoms with Crippen molar-refractivity contribution >= 4 is 11.9 Å². The molecule has 0 N–H and O–H groups in total. The van der Waals surface area contributed by atoms with E-state index in [0.717, 1.165) is 11.1 Å². The molecule has 6 heteroatoms. The second kappa shape index (κ2) is 8.28. The highest BCUT2D eigenvalue weighted by Crippen LogP contribution is 2.08. The third-order valence-corrected chi connectivity index (χ3v) is 2.27. The van der Waals surface area contributed by atoms with Crippen LogP contribution in [-0.2, 0) is 32.3 Å². The first-order valence-corrected chi connectivity index (χ1v) is 5.78. The van der Waals surface area contributed by atoms with Crippen LogP contribution < -0.4 is 0 Å². The molecule has 0 bridgehead atoms. The molecule has 0 fully saturated rings. The normalized spacial score (nSPS) is 9.10. The van der Waals surface area contributed by atoms with Gasteiger partial charge >= 0.3 is 11.9 Å². The van der Waals surface area contributed by atoms with Crippen LogP contribution in [0.2, 0.25) is 0 Å². The molecule has 102 valence electrons. The van der Waals surface area contributed by atoms with Crippen LogP contribution in [0.5, 0.6) is 0 Å². The molecule has 20 heavy (non-hydrogen) atoms. The quantitative estimate of drug-likeness (QED) is 0.729. The maximum absolute atomic E-state index is 11.0. The fraction of sp³-hybridized carbons (Fsp3) is 0.286. The molecule has 0 saturated heterocycles. The van der Waals surface area contributed by atoms with Crippen LogP contribution in [0.1, 0.15) is 24.0 Å². The molecule has 0 amide bonds. The van der Waals surface area contributed by atoms with E-state index in [2.05, 4.69) is 0 Å². The Labute approximate surface area is 116 Å². The maximum Gasteiger partial charge on any atom is 0.320 e. The first-order valence-electron chi connectivity index (χ1n) is 5.78. The van der Waals surface area contributed by atoms with Gasteiger partial charge in [0.1, 0.15) is 26.1 Å². The zero-order chi connectivity index (χ0) is 14.8. The van der Waals surface area contributed by atoms with E-state index >= 15 is 0 Å². The summed E-state index contributed by atoms with van der Waals surface area (Å²) in [6.07, 6.45) is -0.542. The third-order valence-electron chi connectivity index (χ3n) is 2.27. The highest BCUT2D eigenvalue weighted by molar-refractivity contribution is 5.72. The Bertz CT molecular complexity index is 501. The lowest BCUT2D eigenvalue weighted by Crippen LogP contribution is -2.04. The molecular weight excluding hydrogens is 260 g/mol. The van der Waals surface area contributed by atoms with Gasteiger partial charge in [-0.25, -0.2) is 0 Å². The minimum absolute atomic E-state index is 0.0923. The lowest BCUT2D eigenvalue weighted by Gasteiger charge is -2.05. The first kappa shape index (κ1) is 15.2. The zero-order valence-corrected chi connectivity index (χ0v) is 10.7. The summed E-state index contributed by atoms with van der Waals surface area (Å²) in [7, 11) is 0. The van der Waals surface area contributed by atoms with Crippen molar-refractivity contribution in [2.24, 2.45) is 0 Å². The molecule has 0 heterocycles. The molecular formula is C14H12N2O4. The van der Waals surface area contributed by atoms with Gasteiger partial charge in [-0.1, -0.05) is 24.3 Å². The van der Waals surface area contributed by atoms with E-state index in [1.54, 1.807) is 36.4 Å². The first-order chi connectivity index (χ1) is 9.65. The van der Waals surface area contributed by atoms with Gasteiger partial charge in [0, 0.05) is 0 Å². The van der Waals surface area contributed by atoms with E-state index in [9.17, 15) is 9.59 Å². The minimum atomic E-state index is -0.568. The number of hydrogen-bond acceptors (Lipinski definition) is 6. The summed E-state index contributed by atoms with van der Waals surface area (Å²) in [5.74, 6) is -1.14. The Morgan fingerprint density at radius 1 is 0.850 bits per heavy atom. The van der Waals surface area contributed by atoms with Crippen LogP contribution >= 0.6 is 0 Å². The van der Waals surface area contributed by atoms with Crippen molar-refractivity contribution < 1.29 is 19.1 Å². The fourth-order valence-corrected chi connectivity index (χ4v) is 1.29. The largest absolute Gasteiger partial charge is 0.460 e. The molecule has 1 rings (SSSR count). The van der Waals surface area contributed by atoms with Gasteiger partial charge in [0.05, 0.1) is 12.1 Å². The van der Waals surface area contributed by atoms with E-state index in [1.165, 1.54) is 0 Å². The van der Waals surface area contributed by atoms with Gasteiger partial charge < -0.3 is 9.47 Å². The van der Waals surface area contributed by atoms with Gasteiger partial charge in [-0.3, -0.25) is 9.59 Å². The highest BCUT2D eigenvalue weighted by Gasteiger charge is 2.04. The van der Waals surface area contributed by atoms with Gasteiger partial charge in [-0.15, -0.1) is 0 Å². The SMILES string of the molecule is N#CCC(=O)OCc1ccc(COC(=O)CC#N)cc1. The van der Waals surface area contributed by atoms with Crippen LogP contribution in [0, 0.1) is 22.7 Å². The smallest absolute Gasteiger partial charge is 0.320 e.